The second-order valence-electron chi connectivity index (χ2n) is 9.29. The van der Waals surface area contributed by atoms with Gasteiger partial charge in [0.2, 0.25) is 0 Å². The van der Waals surface area contributed by atoms with Gasteiger partial charge >= 0.3 is 0 Å². The van der Waals surface area contributed by atoms with Crippen LogP contribution in [-0.4, -0.2) is 29.3 Å². The van der Waals surface area contributed by atoms with Crippen molar-refractivity contribution in [1.82, 2.24) is 9.97 Å². The predicted molar refractivity (Wildman–Crippen MR) is 139 cm³/mol. The predicted octanol–water partition coefficient (Wildman–Crippen LogP) is 8.36. The first kappa shape index (κ1) is 27.3. The smallest absolute Gasteiger partial charge is 0.159 e. The lowest BCUT2D eigenvalue weighted by Crippen LogP contribution is -2.08. The molecule has 2 aromatic rings. The number of unbranched alkanes of at least 4 members (excludes halogenated alkanes) is 7. The summed E-state index contributed by atoms with van der Waals surface area (Å²) in [5, 5.41) is 0. The van der Waals surface area contributed by atoms with Crippen LogP contribution in [0.4, 0.5) is 0 Å². The summed E-state index contributed by atoms with van der Waals surface area (Å²) in [6, 6.07) is 8.68. The minimum atomic E-state index is 0.356. The number of hydrogen-bond acceptors (Lipinski definition) is 4. The van der Waals surface area contributed by atoms with Gasteiger partial charge in [-0.1, -0.05) is 89.5 Å². The zero-order valence-corrected chi connectivity index (χ0v) is 21.5. The van der Waals surface area contributed by atoms with Gasteiger partial charge in [-0.15, -0.1) is 0 Å². The van der Waals surface area contributed by atoms with Gasteiger partial charge < -0.3 is 9.47 Å². The minimum absolute atomic E-state index is 0.356. The lowest BCUT2D eigenvalue weighted by atomic mass is 9.94. The average molecular weight is 455 g/mol. The van der Waals surface area contributed by atoms with Gasteiger partial charge in [-0.3, -0.25) is 0 Å². The van der Waals surface area contributed by atoms with Crippen LogP contribution in [0.2, 0.25) is 0 Å². The van der Waals surface area contributed by atoms with E-state index in [1.807, 2.05) is 0 Å². The zero-order valence-electron chi connectivity index (χ0n) is 21.5. The van der Waals surface area contributed by atoms with Crippen molar-refractivity contribution in [3.05, 3.63) is 42.2 Å². The summed E-state index contributed by atoms with van der Waals surface area (Å²) in [5.74, 6) is 2.05. The molecule has 4 heteroatoms. The van der Waals surface area contributed by atoms with Gasteiger partial charge in [-0.2, -0.15) is 0 Å². The second kappa shape index (κ2) is 16.6. The van der Waals surface area contributed by atoms with E-state index in [0.717, 1.165) is 43.2 Å². The first-order valence-corrected chi connectivity index (χ1v) is 13.3. The summed E-state index contributed by atoms with van der Waals surface area (Å²) in [5.41, 5.74) is 2.42. The van der Waals surface area contributed by atoms with Gasteiger partial charge in [-0.25, -0.2) is 9.97 Å². The fraction of sp³-hybridized carbons (Fsp3) is 0.655. The highest BCUT2D eigenvalue weighted by Gasteiger charge is 2.09. The maximum atomic E-state index is 5.83. The van der Waals surface area contributed by atoms with Gasteiger partial charge in [0.25, 0.3) is 0 Å². The van der Waals surface area contributed by atoms with Crippen molar-refractivity contribution in [2.75, 3.05) is 13.2 Å². The van der Waals surface area contributed by atoms with Crippen molar-refractivity contribution >= 4 is 0 Å². The van der Waals surface area contributed by atoms with Gasteiger partial charge in [0, 0.05) is 12.2 Å². The summed E-state index contributed by atoms with van der Waals surface area (Å²) >= 11 is 0. The molecular formula is C29H46N2O2. The van der Waals surface area contributed by atoms with Crippen LogP contribution in [0, 0.1) is 0 Å². The Balaban J connectivity index is 1.69. The SMILES string of the molecule is CCCCCCCCCCOc1cnc(-c2ccc(C(C)CCCC(C)OCC)cc2)nc1. The molecule has 0 bridgehead atoms. The van der Waals surface area contributed by atoms with E-state index < -0.39 is 0 Å². The molecule has 184 valence electrons. The summed E-state index contributed by atoms with van der Waals surface area (Å²) in [6.07, 6.45) is 17.9. The molecule has 0 fully saturated rings. The number of ether oxygens (including phenoxy) is 2. The number of aromatic nitrogens is 2. The maximum Gasteiger partial charge on any atom is 0.159 e. The highest BCUT2D eigenvalue weighted by molar-refractivity contribution is 5.55. The normalized spacial score (nSPS) is 13.1. The fourth-order valence-electron chi connectivity index (χ4n) is 4.17. The van der Waals surface area contributed by atoms with E-state index in [9.17, 15) is 0 Å². The minimum Gasteiger partial charge on any atom is -0.490 e. The number of hydrogen-bond donors (Lipinski definition) is 0. The second-order valence-corrected chi connectivity index (χ2v) is 9.29. The zero-order chi connectivity index (χ0) is 23.7. The Morgan fingerprint density at radius 3 is 2.03 bits per heavy atom. The maximum absolute atomic E-state index is 5.83. The average Bonchev–Trinajstić information content (AvgIpc) is 2.83. The molecule has 0 N–H and O–H groups in total. The van der Waals surface area contributed by atoms with Crippen LogP contribution < -0.4 is 4.74 Å². The Bertz CT molecular complexity index is 730. The number of nitrogens with zero attached hydrogens (tertiary/aromatic N) is 2. The largest absolute Gasteiger partial charge is 0.490 e. The first-order valence-electron chi connectivity index (χ1n) is 13.3. The van der Waals surface area contributed by atoms with E-state index in [4.69, 9.17) is 9.47 Å². The van der Waals surface area contributed by atoms with Crippen LogP contribution in [0.25, 0.3) is 11.4 Å². The third-order valence-electron chi connectivity index (χ3n) is 6.33. The lowest BCUT2D eigenvalue weighted by Gasteiger charge is -2.15. The van der Waals surface area contributed by atoms with Crippen molar-refractivity contribution in [1.29, 1.82) is 0 Å². The molecule has 2 unspecified atom stereocenters. The van der Waals surface area contributed by atoms with Crippen LogP contribution >= 0.6 is 0 Å². The molecule has 33 heavy (non-hydrogen) atoms. The third kappa shape index (κ3) is 11.2. The van der Waals surface area contributed by atoms with Crippen molar-refractivity contribution < 1.29 is 9.47 Å². The molecular weight excluding hydrogens is 408 g/mol. The summed E-state index contributed by atoms with van der Waals surface area (Å²) in [6.45, 7) is 10.3. The fourth-order valence-corrected chi connectivity index (χ4v) is 4.17. The summed E-state index contributed by atoms with van der Waals surface area (Å²) < 4.78 is 11.5. The Morgan fingerprint density at radius 2 is 1.39 bits per heavy atom. The monoisotopic (exact) mass is 454 g/mol. The van der Waals surface area contributed by atoms with Crippen molar-refractivity contribution in [3.63, 3.8) is 0 Å². The summed E-state index contributed by atoms with van der Waals surface area (Å²) in [7, 11) is 0. The van der Waals surface area contributed by atoms with E-state index in [1.165, 1.54) is 63.4 Å². The van der Waals surface area contributed by atoms with E-state index in [1.54, 1.807) is 12.4 Å². The van der Waals surface area contributed by atoms with Crippen LogP contribution in [0.1, 0.15) is 110 Å². The highest BCUT2D eigenvalue weighted by Crippen LogP contribution is 2.25. The Labute approximate surface area is 202 Å². The van der Waals surface area contributed by atoms with Crippen molar-refractivity contribution in [2.45, 2.75) is 110 Å². The Hall–Kier alpha value is -1.94. The molecule has 0 amide bonds. The number of benzene rings is 1. The van der Waals surface area contributed by atoms with E-state index in [0.29, 0.717) is 12.0 Å². The molecule has 2 rings (SSSR count). The molecule has 0 saturated heterocycles. The lowest BCUT2D eigenvalue weighted by molar-refractivity contribution is 0.0682. The van der Waals surface area contributed by atoms with Crippen LogP contribution in [0.15, 0.2) is 36.7 Å². The molecule has 0 radical (unpaired) electrons. The first-order chi connectivity index (χ1) is 16.1. The number of rotatable bonds is 18. The van der Waals surface area contributed by atoms with Gasteiger partial charge in [-0.05, 0) is 44.6 Å². The molecule has 1 aromatic carbocycles. The Kier molecular flexibility index (Phi) is 13.8. The molecule has 4 nitrogen and oxygen atoms in total. The molecule has 0 aliphatic carbocycles. The van der Waals surface area contributed by atoms with Gasteiger partial charge in [0.1, 0.15) is 0 Å². The van der Waals surface area contributed by atoms with Crippen molar-refractivity contribution in [3.8, 4) is 17.1 Å². The quantitative estimate of drug-likeness (QED) is 0.212. The molecule has 0 aliphatic rings. The van der Waals surface area contributed by atoms with Crippen LogP contribution in [0.5, 0.6) is 5.75 Å². The highest BCUT2D eigenvalue weighted by atomic mass is 16.5. The molecule has 2 atom stereocenters. The van der Waals surface area contributed by atoms with Crippen molar-refractivity contribution in [2.24, 2.45) is 0 Å². The van der Waals surface area contributed by atoms with Crippen LogP contribution in [0.3, 0.4) is 0 Å². The van der Waals surface area contributed by atoms with Crippen LogP contribution in [-0.2, 0) is 4.74 Å². The van der Waals surface area contributed by atoms with E-state index in [2.05, 4.69) is 61.9 Å². The van der Waals surface area contributed by atoms with E-state index in [-0.39, 0.29) is 0 Å². The molecule has 1 aromatic heterocycles. The topological polar surface area (TPSA) is 44.2 Å². The van der Waals surface area contributed by atoms with Gasteiger partial charge in [0.15, 0.2) is 11.6 Å². The summed E-state index contributed by atoms with van der Waals surface area (Å²) in [4.78, 5) is 9.03. The molecule has 1 heterocycles. The van der Waals surface area contributed by atoms with Gasteiger partial charge in [0.05, 0.1) is 25.1 Å². The Morgan fingerprint density at radius 1 is 0.758 bits per heavy atom. The standard InChI is InChI=1S/C29H46N2O2/c1-5-7-8-9-10-11-12-13-21-33-28-22-30-29(31-23-28)27-19-17-26(18-20-27)24(3)15-14-16-25(4)32-6-2/h17-20,22-25H,5-16,21H2,1-4H3. The van der Waals surface area contributed by atoms with E-state index >= 15 is 0 Å². The molecule has 0 aliphatic heterocycles. The third-order valence-corrected chi connectivity index (χ3v) is 6.33. The molecule has 0 spiro atoms. The molecule has 0 saturated carbocycles.